The number of hydrogen-bond donors (Lipinski definition) is 2. The number of hydrogen-bond acceptors (Lipinski definition) is 2. The molecule has 3 nitrogen and oxygen atoms in total. The topological polar surface area (TPSA) is 58.6 Å². The van der Waals surface area contributed by atoms with Gasteiger partial charge in [0.05, 0.1) is 5.41 Å². The molecule has 14 heavy (non-hydrogen) atoms. The third-order valence-electron chi connectivity index (χ3n) is 2.29. The maximum absolute atomic E-state index is 8.65. The van der Waals surface area contributed by atoms with Crippen LogP contribution in [0.5, 0.6) is 0 Å². The molecule has 0 heterocycles. The Labute approximate surface area is 91.7 Å². The lowest BCUT2D eigenvalue weighted by Gasteiger charge is -2.23. The lowest BCUT2D eigenvalue weighted by molar-refractivity contribution is 0.313. The number of amidine groups is 1. The summed E-state index contributed by atoms with van der Waals surface area (Å²) in [5, 5.41) is 11.7. The van der Waals surface area contributed by atoms with Crippen LogP contribution in [-0.2, 0) is 5.41 Å². The van der Waals surface area contributed by atoms with E-state index in [4.69, 9.17) is 10.9 Å². The maximum atomic E-state index is 8.65. The van der Waals surface area contributed by atoms with E-state index in [0.29, 0.717) is 0 Å². The van der Waals surface area contributed by atoms with Crippen LogP contribution in [0.3, 0.4) is 0 Å². The molecule has 0 saturated carbocycles. The van der Waals surface area contributed by atoms with Crippen LogP contribution in [0.1, 0.15) is 19.4 Å². The molecular formula is C10H13BrN2O. The predicted molar refractivity (Wildman–Crippen MR) is 60.6 cm³/mol. The second kappa shape index (κ2) is 4.00. The van der Waals surface area contributed by atoms with E-state index in [1.807, 2.05) is 38.1 Å². The maximum Gasteiger partial charge on any atom is 0.149 e. The molecule has 0 aliphatic heterocycles. The Morgan fingerprint density at radius 3 is 2.64 bits per heavy atom. The highest BCUT2D eigenvalue weighted by atomic mass is 79.9. The molecule has 1 aromatic rings. The molecule has 76 valence electrons. The second-order valence-electron chi connectivity index (χ2n) is 3.62. The number of benzene rings is 1. The highest BCUT2D eigenvalue weighted by molar-refractivity contribution is 9.10. The first-order valence-electron chi connectivity index (χ1n) is 4.22. The van der Waals surface area contributed by atoms with E-state index in [0.717, 1.165) is 10.0 Å². The van der Waals surface area contributed by atoms with Crippen molar-refractivity contribution in [1.82, 2.24) is 0 Å². The van der Waals surface area contributed by atoms with Crippen molar-refractivity contribution in [2.24, 2.45) is 10.9 Å². The lowest BCUT2D eigenvalue weighted by atomic mass is 9.84. The highest BCUT2D eigenvalue weighted by Gasteiger charge is 2.25. The lowest BCUT2D eigenvalue weighted by Crippen LogP contribution is -2.35. The molecule has 0 fully saturated rings. The molecule has 1 rings (SSSR count). The fraction of sp³-hybridized carbons (Fsp3) is 0.300. The van der Waals surface area contributed by atoms with Crippen molar-refractivity contribution in [2.45, 2.75) is 19.3 Å². The minimum absolute atomic E-state index is 0.204. The SMILES string of the molecule is CC(C)(/C(N)=N/O)c1cccc(Br)c1. The molecule has 0 aliphatic rings. The van der Waals surface area contributed by atoms with Gasteiger partial charge in [-0.2, -0.15) is 0 Å². The van der Waals surface area contributed by atoms with Gasteiger partial charge in [0.15, 0.2) is 0 Å². The third-order valence-corrected chi connectivity index (χ3v) is 2.79. The van der Waals surface area contributed by atoms with Gasteiger partial charge in [-0.25, -0.2) is 0 Å². The van der Waals surface area contributed by atoms with Crippen LogP contribution < -0.4 is 5.73 Å². The van der Waals surface area contributed by atoms with Crippen LogP contribution >= 0.6 is 15.9 Å². The molecular weight excluding hydrogens is 244 g/mol. The zero-order chi connectivity index (χ0) is 10.8. The van der Waals surface area contributed by atoms with Crippen LogP contribution in [0.2, 0.25) is 0 Å². The summed E-state index contributed by atoms with van der Waals surface area (Å²) in [6.45, 7) is 3.81. The van der Waals surface area contributed by atoms with Crippen LogP contribution in [0.15, 0.2) is 33.9 Å². The summed E-state index contributed by atoms with van der Waals surface area (Å²) < 4.78 is 0.980. The Hall–Kier alpha value is -1.03. The molecule has 0 amide bonds. The monoisotopic (exact) mass is 256 g/mol. The van der Waals surface area contributed by atoms with Crippen molar-refractivity contribution < 1.29 is 5.21 Å². The van der Waals surface area contributed by atoms with E-state index in [-0.39, 0.29) is 5.84 Å². The quantitative estimate of drug-likeness (QED) is 0.370. The van der Waals surface area contributed by atoms with Crippen molar-refractivity contribution >= 4 is 21.8 Å². The van der Waals surface area contributed by atoms with Crippen LogP contribution in [0, 0.1) is 0 Å². The minimum atomic E-state index is -0.460. The fourth-order valence-electron chi connectivity index (χ4n) is 1.15. The molecule has 0 aromatic heterocycles. The Bertz CT molecular complexity index is 361. The van der Waals surface area contributed by atoms with Gasteiger partial charge in [-0.1, -0.05) is 33.2 Å². The summed E-state index contributed by atoms with van der Waals surface area (Å²) >= 11 is 3.38. The van der Waals surface area contributed by atoms with Gasteiger partial charge in [0.2, 0.25) is 0 Å². The summed E-state index contributed by atoms with van der Waals surface area (Å²) in [6, 6.07) is 7.76. The van der Waals surface area contributed by atoms with Crippen molar-refractivity contribution in [3.8, 4) is 0 Å². The van der Waals surface area contributed by atoms with Gasteiger partial charge in [-0.15, -0.1) is 0 Å². The van der Waals surface area contributed by atoms with Crippen LogP contribution in [0.25, 0.3) is 0 Å². The predicted octanol–water partition coefficient (Wildman–Crippen LogP) is 2.47. The number of halogens is 1. The summed E-state index contributed by atoms with van der Waals surface area (Å²) in [7, 11) is 0. The largest absolute Gasteiger partial charge is 0.409 e. The highest BCUT2D eigenvalue weighted by Crippen LogP contribution is 2.25. The minimum Gasteiger partial charge on any atom is -0.409 e. The summed E-state index contributed by atoms with van der Waals surface area (Å²) in [5.41, 5.74) is 6.16. The van der Waals surface area contributed by atoms with Crippen molar-refractivity contribution in [3.63, 3.8) is 0 Å². The third kappa shape index (κ3) is 2.07. The number of nitrogens with zero attached hydrogens (tertiary/aromatic N) is 1. The van der Waals surface area contributed by atoms with Gasteiger partial charge in [-0.05, 0) is 31.5 Å². The van der Waals surface area contributed by atoms with E-state index in [1.165, 1.54) is 0 Å². The smallest absolute Gasteiger partial charge is 0.149 e. The molecule has 3 N–H and O–H groups in total. The Kier molecular flexibility index (Phi) is 3.16. The molecule has 0 atom stereocenters. The van der Waals surface area contributed by atoms with Crippen molar-refractivity contribution in [2.75, 3.05) is 0 Å². The zero-order valence-corrected chi connectivity index (χ0v) is 9.75. The van der Waals surface area contributed by atoms with Crippen molar-refractivity contribution in [1.29, 1.82) is 0 Å². The molecule has 4 heteroatoms. The van der Waals surface area contributed by atoms with E-state index in [1.54, 1.807) is 0 Å². The normalized spacial score (nSPS) is 12.9. The van der Waals surface area contributed by atoms with E-state index in [2.05, 4.69) is 21.1 Å². The molecule has 0 spiro atoms. The summed E-state index contributed by atoms with van der Waals surface area (Å²) in [4.78, 5) is 0. The summed E-state index contributed by atoms with van der Waals surface area (Å²) in [5.74, 6) is 0.204. The van der Waals surface area contributed by atoms with Gasteiger partial charge in [0, 0.05) is 4.47 Å². The van der Waals surface area contributed by atoms with Gasteiger partial charge >= 0.3 is 0 Å². The first-order chi connectivity index (χ1) is 6.48. The van der Waals surface area contributed by atoms with E-state index in [9.17, 15) is 0 Å². The average molecular weight is 257 g/mol. The molecule has 0 radical (unpaired) electrons. The second-order valence-corrected chi connectivity index (χ2v) is 4.54. The molecule has 0 unspecified atom stereocenters. The Morgan fingerprint density at radius 2 is 2.14 bits per heavy atom. The molecule has 0 bridgehead atoms. The van der Waals surface area contributed by atoms with Gasteiger partial charge in [-0.3, -0.25) is 0 Å². The Morgan fingerprint density at radius 1 is 1.50 bits per heavy atom. The van der Waals surface area contributed by atoms with Crippen LogP contribution in [-0.4, -0.2) is 11.0 Å². The van der Waals surface area contributed by atoms with E-state index < -0.39 is 5.41 Å². The first kappa shape index (κ1) is 11.0. The number of nitrogens with two attached hydrogens (primary N) is 1. The van der Waals surface area contributed by atoms with Gasteiger partial charge in [0.1, 0.15) is 5.84 Å². The Balaban J connectivity index is 3.16. The average Bonchev–Trinajstić information content (AvgIpc) is 2.16. The summed E-state index contributed by atoms with van der Waals surface area (Å²) in [6.07, 6.45) is 0. The fourth-order valence-corrected chi connectivity index (χ4v) is 1.55. The molecule has 1 aromatic carbocycles. The molecule has 0 saturated heterocycles. The van der Waals surface area contributed by atoms with Crippen LogP contribution in [0.4, 0.5) is 0 Å². The van der Waals surface area contributed by atoms with Gasteiger partial charge in [0.25, 0.3) is 0 Å². The number of rotatable bonds is 2. The van der Waals surface area contributed by atoms with Crippen molar-refractivity contribution in [3.05, 3.63) is 34.3 Å². The number of oxime groups is 1. The standard InChI is InChI=1S/C10H13BrN2O/c1-10(2,9(12)13-14)7-4-3-5-8(11)6-7/h3-6,14H,1-2H3,(H2,12,13). The van der Waals surface area contributed by atoms with E-state index >= 15 is 0 Å². The molecule has 0 aliphatic carbocycles. The first-order valence-corrected chi connectivity index (χ1v) is 5.02. The zero-order valence-electron chi connectivity index (χ0n) is 8.16. The van der Waals surface area contributed by atoms with Gasteiger partial charge < -0.3 is 10.9 Å².